The van der Waals surface area contributed by atoms with E-state index in [2.05, 4.69) is 20.9 Å². The number of carbonyl (C=O) groups excluding carboxylic acids is 3. The number of aromatic nitrogens is 1. The molecular weight excluding hydrogens is 380 g/mol. The average Bonchev–Trinajstić information content (AvgIpc) is 3.24. The van der Waals surface area contributed by atoms with Gasteiger partial charge in [0.05, 0.1) is 0 Å². The summed E-state index contributed by atoms with van der Waals surface area (Å²) in [5, 5.41) is 8.91. The van der Waals surface area contributed by atoms with Gasteiger partial charge in [-0.15, -0.1) is 0 Å². The molecule has 3 aromatic rings. The lowest BCUT2D eigenvalue weighted by Crippen LogP contribution is -2.40. The zero-order chi connectivity index (χ0) is 20.9. The summed E-state index contributed by atoms with van der Waals surface area (Å²) >= 11 is 0. The van der Waals surface area contributed by atoms with Gasteiger partial charge in [-0.2, -0.15) is 0 Å². The second-order valence-electron chi connectivity index (χ2n) is 8.12. The zero-order valence-corrected chi connectivity index (χ0v) is 16.6. The fourth-order valence-electron chi connectivity index (χ4n) is 4.40. The molecule has 4 N–H and O–H groups in total. The molecule has 0 bridgehead atoms. The van der Waals surface area contributed by atoms with Crippen LogP contribution in [-0.2, 0) is 23.2 Å². The first-order valence-electron chi connectivity index (χ1n) is 10.1. The smallest absolute Gasteiger partial charge is 0.322 e. The first-order chi connectivity index (χ1) is 14.4. The number of hydrogen-bond acceptors (Lipinski definition) is 3. The van der Waals surface area contributed by atoms with Crippen LogP contribution in [0.5, 0.6) is 0 Å². The van der Waals surface area contributed by atoms with Gasteiger partial charge in [-0.3, -0.25) is 14.9 Å². The number of nitrogens with one attached hydrogen (secondary N) is 4. The number of aromatic amines is 1. The molecule has 152 valence electrons. The van der Waals surface area contributed by atoms with Gasteiger partial charge in [0, 0.05) is 27.8 Å². The Labute approximate surface area is 173 Å². The molecule has 1 saturated heterocycles. The number of rotatable bonds is 3. The number of anilines is 1. The topological polar surface area (TPSA) is 103 Å². The van der Waals surface area contributed by atoms with Gasteiger partial charge in [0.25, 0.3) is 11.8 Å². The van der Waals surface area contributed by atoms with E-state index in [1.807, 2.05) is 18.2 Å². The normalized spacial score (nSPS) is 20.6. The Morgan fingerprint density at radius 1 is 1.07 bits per heavy atom. The van der Waals surface area contributed by atoms with Crippen molar-refractivity contribution in [2.45, 2.75) is 38.1 Å². The van der Waals surface area contributed by atoms with Gasteiger partial charge < -0.3 is 15.6 Å². The van der Waals surface area contributed by atoms with Crippen LogP contribution < -0.4 is 16.0 Å². The summed E-state index contributed by atoms with van der Waals surface area (Å²) in [6, 6.07) is 12.2. The third-order valence-corrected chi connectivity index (χ3v) is 6.10. The van der Waals surface area contributed by atoms with Crippen molar-refractivity contribution in [2.75, 3.05) is 5.32 Å². The van der Waals surface area contributed by atoms with Crippen LogP contribution in [0.3, 0.4) is 0 Å². The number of imide groups is 1. The molecule has 1 aromatic heterocycles. The standard InChI is InChI=1S/C23H22N4O3/c1-23(21(29)26-22(30)27-23)14-5-4-6-15(12-14)24-20(28)13-9-10-19-17(11-13)16-7-2-3-8-18(16)25-19/h4-6,9-12,25H,2-3,7-8H2,1H3,(H,24,28)(H2,26,27,29,30). The van der Waals surface area contributed by atoms with Crippen LogP contribution in [0.15, 0.2) is 42.5 Å². The molecule has 2 aromatic carbocycles. The van der Waals surface area contributed by atoms with Gasteiger partial charge in [0.15, 0.2) is 0 Å². The maximum atomic E-state index is 12.9. The van der Waals surface area contributed by atoms with Crippen LogP contribution in [-0.4, -0.2) is 22.8 Å². The molecule has 0 saturated carbocycles. The Kier molecular flexibility index (Phi) is 4.13. The van der Waals surface area contributed by atoms with Gasteiger partial charge in [-0.05, 0) is 74.1 Å². The summed E-state index contributed by atoms with van der Waals surface area (Å²) in [7, 11) is 0. The molecule has 1 aliphatic carbocycles. The van der Waals surface area contributed by atoms with Crippen LogP contribution in [0.4, 0.5) is 10.5 Å². The summed E-state index contributed by atoms with van der Waals surface area (Å²) in [5.74, 6) is -0.636. The number of H-pyrrole nitrogens is 1. The van der Waals surface area contributed by atoms with E-state index in [0.717, 1.165) is 23.7 Å². The molecule has 5 rings (SSSR count). The Morgan fingerprint density at radius 2 is 1.90 bits per heavy atom. The number of amides is 4. The third kappa shape index (κ3) is 2.94. The monoisotopic (exact) mass is 402 g/mol. The van der Waals surface area contributed by atoms with E-state index in [-0.39, 0.29) is 5.91 Å². The maximum Gasteiger partial charge on any atom is 0.322 e. The second kappa shape index (κ2) is 6.73. The number of hydrogen-bond donors (Lipinski definition) is 4. The minimum atomic E-state index is -1.17. The van der Waals surface area contributed by atoms with Crippen LogP contribution in [0.25, 0.3) is 10.9 Å². The van der Waals surface area contributed by atoms with E-state index in [1.54, 1.807) is 31.2 Å². The fourth-order valence-corrected chi connectivity index (χ4v) is 4.40. The van der Waals surface area contributed by atoms with Crippen molar-refractivity contribution in [2.24, 2.45) is 0 Å². The Hall–Kier alpha value is -3.61. The molecule has 1 aliphatic heterocycles. The third-order valence-electron chi connectivity index (χ3n) is 6.10. The van der Waals surface area contributed by atoms with Crippen molar-refractivity contribution in [3.63, 3.8) is 0 Å². The van der Waals surface area contributed by atoms with Crippen LogP contribution >= 0.6 is 0 Å². The molecule has 1 unspecified atom stereocenters. The van der Waals surface area contributed by atoms with Crippen LogP contribution in [0.2, 0.25) is 0 Å². The highest BCUT2D eigenvalue weighted by Crippen LogP contribution is 2.30. The largest absolute Gasteiger partial charge is 0.358 e. The van der Waals surface area contributed by atoms with E-state index in [9.17, 15) is 14.4 Å². The highest BCUT2D eigenvalue weighted by atomic mass is 16.2. The molecule has 2 aliphatic rings. The van der Waals surface area contributed by atoms with Crippen molar-refractivity contribution < 1.29 is 14.4 Å². The SMILES string of the molecule is CC1(c2cccc(NC(=O)c3ccc4[nH]c5c(c4c3)CCCC5)c2)NC(=O)NC1=O. The lowest BCUT2D eigenvalue weighted by Gasteiger charge is -2.21. The molecule has 0 radical (unpaired) electrons. The van der Waals surface area contributed by atoms with Crippen molar-refractivity contribution in [3.05, 3.63) is 64.8 Å². The molecule has 1 atom stereocenters. The van der Waals surface area contributed by atoms with Crippen molar-refractivity contribution in [1.82, 2.24) is 15.6 Å². The number of carbonyl (C=O) groups is 3. The lowest BCUT2D eigenvalue weighted by molar-refractivity contribution is -0.123. The van der Waals surface area contributed by atoms with E-state index < -0.39 is 17.5 Å². The highest BCUT2D eigenvalue weighted by Gasteiger charge is 2.43. The summed E-state index contributed by atoms with van der Waals surface area (Å²) in [5.41, 5.74) is 4.24. The first kappa shape index (κ1) is 18.4. The number of benzene rings is 2. The quantitative estimate of drug-likeness (QED) is 0.505. The van der Waals surface area contributed by atoms with Gasteiger partial charge in [0.1, 0.15) is 5.54 Å². The molecule has 7 nitrogen and oxygen atoms in total. The minimum Gasteiger partial charge on any atom is -0.358 e. The zero-order valence-electron chi connectivity index (χ0n) is 16.6. The maximum absolute atomic E-state index is 12.9. The highest BCUT2D eigenvalue weighted by molar-refractivity contribution is 6.08. The molecule has 7 heteroatoms. The molecule has 1 fully saturated rings. The Balaban J connectivity index is 1.42. The van der Waals surface area contributed by atoms with Crippen molar-refractivity contribution in [1.29, 1.82) is 0 Å². The average molecular weight is 402 g/mol. The Morgan fingerprint density at radius 3 is 2.70 bits per heavy atom. The summed E-state index contributed by atoms with van der Waals surface area (Å²) in [6.07, 6.45) is 4.46. The van der Waals surface area contributed by atoms with Gasteiger partial charge >= 0.3 is 6.03 Å². The number of urea groups is 1. The van der Waals surface area contributed by atoms with Gasteiger partial charge in [-0.25, -0.2) is 4.79 Å². The molecular formula is C23H22N4O3. The van der Waals surface area contributed by atoms with E-state index >= 15 is 0 Å². The van der Waals surface area contributed by atoms with Gasteiger partial charge in [0.2, 0.25) is 0 Å². The number of fused-ring (bicyclic) bond motifs is 3. The predicted molar refractivity (Wildman–Crippen MR) is 113 cm³/mol. The molecule has 0 spiro atoms. The summed E-state index contributed by atoms with van der Waals surface area (Å²) in [6.45, 7) is 1.64. The second-order valence-corrected chi connectivity index (χ2v) is 8.12. The fraction of sp³-hybridized carbons (Fsp3) is 0.261. The van der Waals surface area contributed by atoms with Crippen molar-refractivity contribution >= 4 is 34.4 Å². The minimum absolute atomic E-state index is 0.218. The molecule has 2 heterocycles. The van der Waals surface area contributed by atoms with E-state index in [4.69, 9.17) is 0 Å². The first-order valence-corrected chi connectivity index (χ1v) is 10.1. The molecule has 30 heavy (non-hydrogen) atoms. The Bertz CT molecular complexity index is 1210. The van der Waals surface area contributed by atoms with E-state index in [1.165, 1.54) is 24.1 Å². The number of aryl methyl sites for hydroxylation is 2. The van der Waals surface area contributed by atoms with Crippen LogP contribution in [0.1, 0.15) is 46.9 Å². The van der Waals surface area contributed by atoms with Crippen molar-refractivity contribution in [3.8, 4) is 0 Å². The lowest BCUT2D eigenvalue weighted by atomic mass is 9.92. The molecule has 4 amide bonds. The predicted octanol–water partition coefficient (Wildman–Crippen LogP) is 3.35. The van der Waals surface area contributed by atoms with Gasteiger partial charge in [-0.1, -0.05) is 12.1 Å². The van der Waals surface area contributed by atoms with Crippen LogP contribution in [0, 0.1) is 0 Å². The summed E-state index contributed by atoms with van der Waals surface area (Å²) < 4.78 is 0. The summed E-state index contributed by atoms with van der Waals surface area (Å²) in [4.78, 5) is 40.1. The van der Waals surface area contributed by atoms with E-state index in [0.29, 0.717) is 16.8 Å².